The van der Waals surface area contributed by atoms with E-state index in [2.05, 4.69) is 13.2 Å². The van der Waals surface area contributed by atoms with Gasteiger partial charge in [-0.05, 0) is 24.8 Å². The van der Waals surface area contributed by atoms with Crippen LogP contribution in [0.5, 0.6) is 0 Å². The summed E-state index contributed by atoms with van der Waals surface area (Å²) in [6, 6.07) is 0. The van der Waals surface area contributed by atoms with Gasteiger partial charge in [0.2, 0.25) is 0 Å². The van der Waals surface area contributed by atoms with Gasteiger partial charge in [0.05, 0.1) is 6.10 Å². The van der Waals surface area contributed by atoms with E-state index >= 15 is 0 Å². The Morgan fingerprint density at radius 2 is 2.11 bits per heavy atom. The van der Waals surface area contributed by atoms with Crippen molar-refractivity contribution in [2.24, 2.45) is 0 Å². The number of rotatable bonds is 0. The third kappa shape index (κ3) is 1.22. The molecule has 0 radical (unpaired) electrons. The average molecular weight is 124 g/mol. The van der Waals surface area contributed by atoms with Crippen LogP contribution in [0.2, 0.25) is 0 Å². The molecule has 1 atom stereocenters. The van der Waals surface area contributed by atoms with E-state index in [-0.39, 0.29) is 6.10 Å². The van der Waals surface area contributed by atoms with E-state index in [9.17, 15) is 5.11 Å². The van der Waals surface area contributed by atoms with Crippen LogP contribution in [0.4, 0.5) is 0 Å². The van der Waals surface area contributed by atoms with Gasteiger partial charge >= 0.3 is 0 Å². The maximum absolute atomic E-state index is 9.19. The number of aliphatic hydroxyl groups excluding tert-OH is 1. The monoisotopic (exact) mass is 124 g/mol. The standard InChI is InChI=1S/C8H12O/c1-6-4-3-5-8(9)7(6)2/h8-9H,1-5H2/t8-/m0/s1. The highest BCUT2D eigenvalue weighted by molar-refractivity contribution is 5.30. The summed E-state index contributed by atoms with van der Waals surface area (Å²) < 4.78 is 0. The van der Waals surface area contributed by atoms with Gasteiger partial charge in [-0.15, -0.1) is 0 Å². The summed E-state index contributed by atoms with van der Waals surface area (Å²) in [7, 11) is 0. The third-order valence-corrected chi connectivity index (χ3v) is 1.81. The van der Waals surface area contributed by atoms with Crippen LogP contribution < -0.4 is 0 Å². The fraction of sp³-hybridized carbons (Fsp3) is 0.500. The van der Waals surface area contributed by atoms with Gasteiger partial charge in [-0.2, -0.15) is 0 Å². The van der Waals surface area contributed by atoms with Crippen LogP contribution in [0.3, 0.4) is 0 Å². The van der Waals surface area contributed by atoms with Crippen molar-refractivity contribution >= 4 is 0 Å². The summed E-state index contributed by atoms with van der Waals surface area (Å²) >= 11 is 0. The summed E-state index contributed by atoms with van der Waals surface area (Å²) in [5.41, 5.74) is 1.86. The van der Waals surface area contributed by atoms with Crippen LogP contribution in [0, 0.1) is 0 Å². The minimum atomic E-state index is -0.314. The largest absolute Gasteiger partial charge is 0.388 e. The molecule has 0 amide bonds. The Balaban J connectivity index is 2.62. The zero-order valence-corrected chi connectivity index (χ0v) is 5.56. The highest BCUT2D eigenvalue weighted by Crippen LogP contribution is 2.25. The summed E-state index contributed by atoms with van der Waals surface area (Å²) in [5.74, 6) is 0. The Kier molecular flexibility index (Phi) is 1.72. The minimum absolute atomic E-state index is 0.314. The topological polar surface area (TPSA) is 20.2 Å². The van der Waals surface area contributed by atoms with Gasteiger partial charge in [-0.25, -0.2) is 0 Å². The molecular weight excluding hydrogens is 112 g/mol. The molecule has 0 bridgehead atoms. The van der Waals surface area contributed by atoms with Gasteiger partial charge in [0.25, 0.3) is 0 Å². The maximum atomic E-state index is 9.19. The van der Waals surface area contributed by atoms with E-state index in [0.29, 0.717) is 0 Å². The second-order valence-electron chi connectivity index (χ2n) is 2.54. The molecule has 1 N–H and O–H groups in total. The number of hydrogen-bond acceptors (Lipinski definition) is 1. The molecule has 1 aliphatic rings. The van der Waals surface area contributed by atoms with Crippen LogP contribution in [-0.4, -0.2) is 11.2 Å². The molecule has 9 heavy (non-hydrogen) atoms. The van der Waals surface area contributed by atoms with Crippen molar-refractivity contribution in [3.63, 3.8) is 0 Å². The van der Waals surface area contributed by atoms with E-state index in [1.54, 1.807) is 0 Å². The number of aliphatic hydroxyl groups is 1. The fourth-order valence-corrected chi connectivity index (χ4v) is 1.08. The smallest absolute Gasteiger partial charge is 0.0786 e. The molecule has 1 nitrogen and oxygen atoms in total. The molecule has 0 aromatic carbocycles. The molecule has 0 aliphatic heterocycles. The fourth-order valence-electron chi connectivity index (χ4n) is 1.08. The Morgan fingerprint density at radius 1 is 1.44 bits per heavy atom. The van der Waals surface area contributed by atoms with Gasteiger partial charge in [0.1, 0.15) is 0 Å². The summed E-state index contributed by atoms with van der Waals surface area (Å²) in [4.78, 5) is 0. The first-order valence-electron chi connectivity index (χ1n) is 3.27. The quantitative estimate of drug-likeness (QED) is 0.520. The van der Waals surface area contributed by atoms with Crippen molar-refractivity contribution in [1.82, 2.24) is 0 Å². The van der Waals surface area contributed by atoms with Crippen molar-refractivity contribution in [2.75, 3.05) is 0 Å². The highest BCUT2D eigenvalue weighted by Gasteiger charge is 2.16. The zero-order chi connectivity index (χ0) is 6.85. The minimum Gasteiger partial charge on any atom is -0.388 e. The van der Waals surface area contributed by atoms with E-state index in [0.717, 1.165) is 30.4 Å². The Hall–Kier alpha value is -0.560. The van der Waals surface area contributed by atoms with Crippen molar-refractivity contribution in [3.8, 4) is 0 Å². The molecule has 1 heteroatoms. The van der Waals surface area contributed by atoms with Gasteiger partial charge in [0.15, 0.2) is 0 Å². The van der Waals surface area contributed by atoms with E-state index in [4.69, 9.17) is 0 Å². The lowest BCUT2D eigenvalue weighted by Crippen LogP contribution is -2.15. The molecular formula is C8H12O. The average Bonchev–Trinajstić information content (AvgIpc) is 1.83. The summed E-state index contributed by atoms with van der Waals surface area (Å²) in [5, 5.41) is 9.19. The summed E-state index contributed by atoms with van der Waals surface area (Å²) in [6.45, 7) is 7.51. The Bertz CT molecular complexity index is 147. The van der Waals surface area contributed by atoms with Crippen LogP contribution in [0.25, 0.3) is 0 Å². The van der Waals surface area contributed by atoms with Crippen molar-refractivity contribution in [2.45, 2.75) is 25.4 Å². The second-order valence-corrected chi connectivity index (χ2v) is 2.54. The van der Waals surface area contributed by atoms with Crippen LogP contribution in [0.1, 0.15) is 19.3 Å². The van der Waals surface area contributed by atoms with Crippen LogP contribution >= 0.6 is 0 Å². The van der Waals surface area contributed by atoms with Gasteiger partial charge in [0, 0.05) is 0 Å². The van der Waals surface area contributed by atoms with Gasteiger partial charge < -0.3 is 5.11 Å². The third-order valence-electron chi connectivity index (χ3n) is 1.81. The normalized spacial score (nSPS) is 28.8. The lowest BCUT2D eigenvalue weighted by atomic mass is 9.90. The van der Waals surface area contributed by atoms with Gasteiger partial charge in [-0.3, -0.25) is 0 Å². The molecule has 0 aromatic rings. The molecule has 1 fully saturated rings. The molecule has 0 unspecified atom stereocenters. The van der Waals surface area contributed by atoms with Crippen molar-refractivity contribution in [3.05, 3.63) is 24.3 Å². The molecule has 0 heterocycles. The molecule has 0 saturated heterocycles. The van der Waals surface area contributed by atoms with Crippen molar-refractivity contribution in [1.29, 1.82) is 0 Å². The lowest BCUT2D eigenvalue weighted by molar-refractivity contribution is 0.191. The lowest BCUT2D eigenvalue weighted by Gasteiger charge is -2.21. The molecule has 1 saturated carbocycles. The Morgan fingerprint density at radius 3 is 2.56 bits per heavy atom. The first-order chi connectivity index (χ1) is 4.22. The predicted octanol–water partition coefficient (Wildman–Crippen LogP) is 1.64. The highest BCUT2D eigenvalue weighted by atomic mass is 16.3. The van der Waals surface area contributed by atoms with E-state index < -0.39 is 0 Å². The zero-order valence-electron chi connectivity index (χ0n) is 5.56. The second kappa shape index (κ2) is 2.36. The van der Waals surface area contributed by atoms with Crippen molar-refractivity contribution < 1.29 is 5.11 Å². The number of hydrogen-bond donors (Lipinski definition) is 1. The molecule has 1 rings (SSSR count). The molecule has 0 aromatic heterocycles. The first-order valence-corrected chi connectivity index (χ1v) is 3.27. The van der Waals surface area contributed by atoms with E-state index in [1.165, 1.54) is 0 Å². The predicted molar refractivity (Wildman–Crippen MR) is 38.1 cm³/mol. The van der Waals surface area contributed by atoms with Crippen LogP contribution in [0.15, 0.2) is 24.3 Å². The molecule has 0 spiro atoms. The van der Waals surface area contributed by atoms with Gasteiger partial charge in [-0.1, -0.05) is 18.7 Å². The Labute approximate surface area is 55.7 Å². The van der Waals surface area contributed by atoms with E-state index in [1.807, 2.05) is 0 Å². The summed E-state index contributed by atoms with van der Waals surface area (Å²) in [6.07, 6.45) is 2.61. The van der Waals surface area contributed by atoms with Crippen LogP contribution in [-0.2, 0) is 0 Å². The first kappa shape index (κ1) is 6.56. The molecule has 50 valence electrons. The maximum Gasteiger partial charge on any atom is 0.0786 e. The SMILES string of the molecule is C=C1CCC[C@H](O)C1=C. The molecule has 1 aliphatic carbocycles.